The summed E-state index contributed by atoms with van der Waals surface area (Å²) in [7, 11) is 0. The van der Waals surface area contributed by atoms with Crippen LogP contribution in [0.5, 0.6) is 11.5 Å². The molecule has 1 aliphatic heterocycles. The number of carbonyl (C=O) groups is 2. The lowest BCUT2D eigenvalue weighted by Crippen LogP contribution is -2.31. The van der Waals surface area contributed by atoms with Crippen molar-refractivity contribution in [3.63, 3.8) is 0 Å². The van der Waals surface area contributed by atoms with Gasteiger partial charge in [-0.05, 0) is 17.0 Å². The number of ether oxygens (including phenoxy) is 2. The molecule has 1 heterocycles. The van der Waals surface area contributed by atoms with E-state index < -0.39 is 11.7 Å². The molecule has 26 heavy (non-hydrogen) atoms. The molecule has 136 valence electrons. The predicted molar refractivity (Wildman–Crippen MR) is 98.8 cm³/mol. The van der Waals surface area contributed by atoms with E-state index in [9.17, 15) is 9.59 Å². The van der Waals surface area contributed by atoms with Gasteiger partial charge < -0.3 is 14.8 Å². The van der Waals surface area contributed by atoms with Gasteiger partial charge in [0.1, 0.15) is 13.2 Å². The molecule has 0 aromatic heterocycles. The highest BCUT2D eigenvalue weighted by atomic mass is 16.6. The van der Waals surface area contributed by atoms with Crippen LogP contribution in [0.3, 0.4) is 0 Å². The minimum absolute atomic E-state index is 0.00168. The fourth-order valence-corrected chi connectivity index (χ4v) is 2.78. The van der Waals surface area contributed by atoms with Crippen LogP contribution >= 0.6 is 0 Å². The second-order valence-corrected chi connectivity index (χ2v) is 7.28. The van der Waals surface area contributed by atoms with Crippen LogP contribution in [0.15, 0.2) is 42.5 Å². The molecule has 0 bridgehead atoms. The molecular weight excluding hydrogens is 330 g/mol. The number of hydrogen-bond acceptors (Lipinski definition) is 4. The van der Waals surface area contributed by atoms with Gasteiger partial charge in [-0.2, -0.15) is 0 Å². The Labute approximate surface area is 153 Å². The highest BCUT2D eigenvalue weighted by molar-refractivity contribution is 6.42. The summed E-state index contributed by atoms with van der Waals surface area (Å²) in [5.41, 5.74) is 2.28. The molecule has 0 unspecified atom stereocenters. The fourth-order valence-electron chi connectivity index (χ4n) is 2.78. The number of fused-ring (bicyclic) bond motifs is 1. The molecule has 3 rings (SSSR count). The van der Waals surface area contributed by atoms with E-state index in [1.54, 1.807) is 12.1 Å². The van der Waals surface area contributed by atoms with Crippen molar-refractivity contribution in [2.75, 3.05) is 13.2 Å². The Kier molecular flexibility index (Phi) is 4.98. The molecule has 5 heteroatoms. The number of nitrogens with one attached hydrogen (secondary N) is 1. The van der Waals surface area contributed by atoms with Crippen molar-refractivity contribution >= 4 is 11.7 Å². The Balaban J connectivity index is 1.66. The summed E-state index contributed by atoms with van der Waals surface area (Å²) in [5, 5.41) is 2.67. The summed E-state index contributed by atoms with van der Waals surface area (Å²) in [6.07, 6.45) is 0. The molecule has 0 fully saturated rings. The number of ketones is 1. The van der Waals surface area contributed by atoms with Gasteiger partial charge in [0, 0.05) is 17.7 Å². The molecule has 0 radical (unpaired) electrons. The summed E-state index contributed by atoms with van der Waals surface area (Å²) in [6.45, 7) is 7.48. The first-order valence-corrected chi connectivity index (χ1v) is 8.67. The number of Topliss-reactive ketones (excluding diaryl/α,β-unsaturated/α-hetero) is 1. The van der Waals surface area contributed by atoms with E-state index in [0.29, 0.717) is 30.3 Å². The van der Waals surface area contributed by atoms with Gasteiger partial charge in [0.05, 0.1) is 0 Å². The molecule has 0 aliphatic carbocycles. The first-order chi connectivity index (χ1) is 12.4. The minimum Gasteiger partial charge on any atom is -0.486 e. The van der Waals surface area contributed by atoms with Crippen LogP contribution in [-0.2, 0) is 16.8 Å². The van der Waals surface area contributed by atoms with Crippen LogP contribution in [0.25, 0.3) is 0 Å². The average molecular weight is 353 g/mol. The van der Waals surface area contributed by atoms with Gasteiger partial charge in [-0.1, -0.05) is 57.2 Å². The second kappa shape index (κ2) is 7.20. The molecular formula is C21H23NO4. The van der Waals surface area contributed by atoms with Crippen molar-refractivity contribution in [1.29, 1.82) is 0 Å². The smallest absolute Gasteiger partial charge is 0.292 e. The van der Waals surface area contributed by atoms with Gasteiger partial charge >= 0.3 is 0 Å². The monoisotopic (exact) mass is 353 g/mol. The maximum Gasteiger partial charge on any atom is 0.292 e. The second-order valence-electron chi connectivity index (χ2n) is 7.28. The van der Waals surface area contributed by atoms with Crippen molar-refractivity contribution in [3.05, 3.63) is 59.2 Å². The Morgan fingerprint density at radius 2 is 1.69 bits per heavy atom. The van der Waals surface area contributed by atoms with Gasteiger partial charge in [-0.3, -0.25) is 9.59 Å². The third kappa shape index (κ3) is 3.87. The van der Waals surface area contributed by atoms with E-state index >= 15 is 0 Å². The molecule has 0 saturated heterocycles. The van der Waals surface area contributed by atoms with Gasteiger partial charge in [0.25, 0.3) is 5.91 Å². The maximum atomic E-state index is 12.3. The van der Waals surface area contributed by atoms with Gasteiger partial charge in [-0.25, -0.2) is 0 Å². The van der Waals surface area contributed by atoms with Crippen LogP contribution in [0, 0.1) is 0 Å². The quantitative estimate of drug-likeness (QED) is 0.677. The molecule has 2 aromatic carbocycles. The predicted octanol–water partition coefficient (Wildman–Crippen LogP) is 3.25. The summed E-state index contributed by atoms with van der Waals surface area (Å²) in [6, 6.07) is 12.7. The van der Waals surface area contributed by atoms with E-state index in [1.165, 1.54) is 0 Å². The number of hydrogen-bond donors (Lipinski definition) is 1. The summed E-state index contributed by atoms with van der Waals surface area (Å²) in [4.78, 5) is 24.6. The van der Waals surface area contributed by atoms with E-state index in [4.69, 9.17) is 9.47 Å². The standard InChI is InChI=1S/C21H23NO4/c1-21(2,3)16-9-7-14(8-10-16)18(23)20(24)22-13-15-5-4-6-17-19(15)26-12-11-25-17/h4-10H,11-13H2,1-3H3,(H,22,24). The van der Waals surface area contributed by atoms with Crippen molar-refractivity contribution < 1.29 is 19.1 Å². The Hall–Kier alpha value is -2.82. The molecule has 1 amide bonds. The molecule has 0 spiro atoms. The highest BCUT2D eigenvalue weighted by Gasteiger charge is 2.20. The van der Waals surface area contributed by atoms with Crippen molar-refractivity contribution in [3.8, 4) is 11.5 Å². The third-order valence-electron chi connectivity index (χ3n) is 4.31. The normalized spacial score (nSPS) is 13.2. The van der Waals surface area contributed by atoms with Crippen LogP contribution in [0.2, 0.25) is 0 Å². The average Bonchev–Trinajstić information content (AvgIpc) is 2.65. The van der Waals surface area contributed by atoms with Crippen LogP contribution in [0.4, 0.5) is 0 Å². The number of carbonyl (C=O) groups excluding carboxylic acids is 2. The van der Waals surface area contributed by atoms with Crippen molar-refractivity contribution in [2.45, 2.75) is 32.7 Å². The number of rotatable bonds is 4. The zero-order valence-electron chi connectivity index (χ0n) is 15.3. The lowest BCUT2D eigenvalue weighted by Gasteiger charge is -2.21. The molecule has 2 aromatic rings. The van der Waals surface area contributed by atoms with Gasteiger partial charge in [0.15, 0.2) is 11.5 Å². The Morgan fingerprint density at radius 1 is 1.00 bits per heavy atom. The minimum atomic E-state index is -0.636. The Bertz CT molecular complexity index is 819. The fraction of sp³-hybridized carbons (Fsp3) is 0.333. The van der Waals surface area contributed by atoms with Crippen LogP contribution in [-0.4, -0.2) is 24.9 Å². The largest absolute Gasteiger partial charge is 0.486 e. The molecule has 1 N–H and O–H groups in total. The third-order valence-corrected chi connectivity index (χ3v) is 4.31. The van der Waals surface area contributed by atoms with Crippen molar-refractivity contribution in [1.82, 2.24) is 5.32 Å². The maximum absolute atomic E-state index is 12.3. The zero-order chi connectivity index (χ0) is 18.7. The first-order valence-electron chi connectivity index (χ1n) is 8.67. The topological polar surface area (TPSA) is 64.6 Å². The SMILES string of the molecule is CC(C)(C)c1ccc(C(=O)C(=O)NCc2cccc3c2OCCO3)cc1. The van der Waals surface area contributed by atoms with E-state index in [0.717, 1.165) is 11.1 Å². The number of para-hydroxylation sites is 1. The molecule has 5 nitrogen and oxygen atoms in total. The number of benzene rings is 2. The molecule has 1 aliphatic rings. The highest BCUT2D eigenvalue weighted by Crippen LogP contribution is 2.33. The summed E-state index contributed by atoms with van der Waals surface area (Å²) < 4.78 is 11.1. The number of amides is 1. The van der Waals surface area contributed by atoms with Crippen molar-refractivity contribution in [2.24, 2.45) is 0 Å². The van der Waals surface area contributed by atoms with E-state index in [2.05, 4.69) is 26.1 Å². The lowest BCUT2D eigenvalue weighted by molar-refractivity contribution is -0.117. The first kappa shape index (κ1) is 18.0. The Morgan fingerprint density at radius 3 is 2.38 bits per heavy atom. The summed E-state index contributed by atoms with van der Waals surface area (Å²) in [5.74, 6) is 0.100. The molecule has 0 saturated carbocycles. The van der Waals surface area contributed by atoms with Crippen LogP contribution < -0.4 is 14.8 Å². The van der Waals surface area contributed by atoms with Gasteiger partial charge in [0.2, 0.25) is 5.78 Å². The summed E-state index contributed by atoms with van der Waals surface area (Å²) >= 11 is 0. The molecule has 0 atom stereocenters. The lowest BCUT2D eigenvalue weighted by atomic mass is 9.86. The van der Waals surface area contributed by atoms with Gasteiger partial charge in [-0.15, -0.1) is 0 Å². The van der Waals surface area contributed by atoms with Crippen LogP contribution in [0.1, 0.15) is 42.3 Å². The van der Waals surface area contributed by atoms with E-state index in [-0.39, 0.29) is 12.0 Å². The van der Waals surface area contributed by atoms with E-state index in [1.807, 2.05) is 30.3 Å². The zero-order valence-corrected chi connectivity index (χ0v) is 15.3.